The number of nitrogens with one attached hydrogen (secondary N) is 1. The van der Waals surface area contributed by atoms with Crippen molar-refractivity contribution in [2.24, 2.45) is 0 Å². The van der Waals surface area contributed by atoms with Crippen LogP contribution < -0.4 is 14.8 Å². The van der Waals surface area contributed by atoms with Gasteiger partial charge in [0.2, 0.25) is 0 Å². The van der Waals surface area contributed by atoms with Crippen molar-refractivity contribution in [3.8, 4) is 11.5 Å². The molecule has 0 aromatic heterocycles. The minimum Gasteiger partial charge on any atom is -0.490 e. The predicted molar refractivity (Wildman–Crippen MR) is 109 cm³/mol. The van der Waals surface area contributed by atoms with Gasteiger partial charge in [-0.3, -0.25) is 4.79 Å². The Balaban J connectivity index is 2.02. The summed E-state index contributed by atoms with van der Waals surface area (Å²) in [6.07, 6.45) is 0. The number of anilines is 1. The number of esters is 1. The molecular weight excluding hydrogens is 429 g/mol. The third kappa shape index (κ3) is 5.67. The van der Waals surface area contributed by atoms with Crippen LogP contribution in [0, 0.1) is 0 Å². The van der Waals surface area contributed by atoms with Crippen molar-refractivity contribution in [1.29, 1.82) is 0 Å². The fourth-order valence-electron chi connectivity index (χ4n) is 2.24. The Morgan fingerprint density at radius 2 is 1.57 bits per heavy atom. The number of halogens is 3. The minimum atomic E-state index is -0.852. The summed E-state index contributed by atoms with van der Waals surface area (Å²) in [7, 11) is 0. The van der Waals surface area contributed by atoms with Gasteiger partial charge in [-0.25, -0.2) is 4.79 Å². The SMILES string of the molecule is CCOc1ccc(NC(=O)COC(=O)c2c(Cl)ccc(Cl)c2Cl)cc1OCC. The highest BCUT2D eigenvalue weighted by Gasteiger charge is 2.20. The summed E-state index contributed by atoms with van der Waals surface area (Å²) in [6.45, 7) is 4.09. The van der Waals surface area contributed by atoms with E-state index in [0.29, 0.717) is 30.4 Å². The number of ether oxygens (including phenoxy) is 3. The van der Waals surface area contributed by atoms with Crippen LogP contribution in [0.2, 0.25) is 15.1 Å². The first-order valence-electron chi connectivity index (χ1n) is 8.37. The van der Waals surface area contributed by atoms with Crippen LogP contribution in [0.3, 0.4) is 0 Å². The van der Waals surface area contributed by atoms with Gasteiger partial charge in [0.05, 0.1) is 33.8 Å². The van der Waals surface area contributed by atoms with Crippen LogP contribution in [0.1, 0.15) is 24.2 Å². The Kier molecular flexibility index (Phi) is 8.23. The molecule has 2 aromatic carbocycles. The van der Waals surface area contributed by atoms with E-state index >= 15 is 0 Å². The van der Waals surface area contributed by atoms with E-state index in [4.69, 9.17) is 49.0 Å². The highest BCUT2D eigenvalue weighted by atomic mass is 35.5. The van der Waals surface area contributed by atoms with Gasteiger partial charge in [-0.2, -0.15) is 0 Å². The molecule has 0 radical (unpaired) electrons. The molecule has 150 valence electrons. The van der Waals surface area contributed by atoms with Gasteiger partial charge < -0.3 is 19.5 Å². The molecule has 0 saturated heterocycles. The highest BCUT2D eigenvalue weighted by molar-refractivity contribution is 6.46. The fraction of sp³-hybridized carbons (Fsp3) is 0.263. The van der Waals surface area contributed by atoms with Gasteiger partial charge in [0.15, 0.2) is 18.1 Å². The summed E-state index contributed by atoms with van der Waals surface area (Å²) in [5.41, 5.74) is 0.370. The largest absolute Gasteiger partial charge is 0.490 e. The Morgan fingerprint density at radius 1 is 0.929 bits per heavy atom. The van der Waals surface area contributed by atoms with Crippen LogP contribution in [-0.4, -0.2) is 31.7 Å². The van der Waals surface area contributed by atoms with Crippen molar-refractivity contribution >= 4 is 52.4 Å². The lowest BCUT2D eigenvalue weighted by molar-refractivity contribution is -0.119. The van der Waals surface area contributed by atoms with Crippen LogP contribution in [-0.2, 0) is 9.53 Å². The number of hydrogen-bond donors (Lipinski definition) is 1. The lowest BCUT2D eigenvalue weighted by atomic mass is 10.2. The van der Waals surface area contributed by atoms with Crippen molar-refractivity contribution in [2.75, 3.05) is 25.1 Å². The first-order chi connectivity index (χ1) is 13.4. The second kappa shape index (κ2) is 10.4. The summed E-state index contributed by atoms with van der Waals surface area (Å²) in [4.78, 5) is 24.3. The third-order valence-electron chi connectivity index (χ3n) is 3.41. The summed E-state index contributed by atoms with van der Waals surface area (Å²) in [5, 5.41) is 2.81. The fourth-order valence-corrected chi connectivity index (χ4v) is 2.93. The van der Waals surface area contributed by atoms with Gasteiger partial charge in [0.1, 0.15) is 0 Å². The van der Waals surface area contributed by atoms with Gasteiger partial charge in [-0.15, -0.1) is 0 Å². The summed E-state index contributed by atoms with van der Waals surface area (Å²) in [6, 6.07) is 7.83. The Hall–Kier alpha value is -2.15. The second-order valence-corrected chi connectivity index (χ2v) is 6.56. The predicted octanol–water partition coefficient (Wildman–Crippen LogP) is 5.24. The molecule has 2 aromatic rings. The zero-order chi connectivity index (χ0) is 20.7. The molecule has 28 heavy (non-hydrogen) atoms. The highest BCUT2D eigenvalue weighted by Crippen LogP contribution is 2.32. The maximum absolute atomic E-state index is 12.2. The second-order valence-electron chi connectivity index (χ2n) is 5.37. The van der Waals surface area contributed by atoms with E-state index in [0.717, 1.165) is 0 Å². The number of amides is 1. The van der Waals surface area contributed by atoms with Crippen molar-refractivity contribution in [2.45, 2.75) is 13.8 Å². The maximum atomic E-state index is 12.2. The van der Waals surface area contributed by atoms with Crippen LogP contribution in [0.25, 0.3) is 0 Å². The van der Waals surface area contributed by atoms with Crippen LogP contribution in [0.5, 0.6) is 11.5 Å². The van der Waals surface area contributed by atoms with Gasteiger partial charge >= 0.3 is 5.97 Å². The molecule has 6 nitrogen and oxygen atoms in total. The van der Waals surface area contributed by atoms with Crippen molar-refractivity contribution in [1.82, 2.24) is 0 Å². The van der Waals surface area contributed by atoms with Crippen LogP contribution in [0.4, 0.5) is 5.69 Å². The number of carbonyl (C=O) groups is 2. The van der Waals surface area contributed by atoms with Crippen molar-refractivity contribution in [3.05, 3.63) is 51.0 Å². The molecular formula is C19H18Cl3NO5. The summed E-state index contributed by atoms with van der Waals surface area (Å²) < 4.78 is 16.0. The van der Waals surface area contributed by atoms with Crippen molar-refractivity contribution in [3.63, 3.8) is 0 Å². The van der Waals surface area contributed by atoms with E-state index in [-0.39, 0.29) is 20.6 Å². The standard InChI is InChI=1S/C19H18Cl3NO5/c1-3-26-14-8-5-11(9-15(14)27-4-2)23-16(24)10-28-19(25)17-12(20)6-7-13(21)18(17)22/h5-9H,3-4,10H2,1-2H3,(H,23,24). The smallest absolute Gasteiger partial charge is 0.341 e. The van der Waals surface area contributed by atoms with E-state index in [1.807, 2.05) is 13.8 Å². The lowest BCUT2D eigenvalue weighted by Gasteiger charge is -2.13. The first-order valence-corrected chi connectivity index (χ1v) is 9.50. The molecule has 0 atom stereocenters. The van der Waals surface area contributed by atoms with Crippen molar-refractivity contribution < 1.29 is 23.8 Å². The quantitative estimate of drug-likeness (QED) is 0.443. The molecule has 0 heterocycles. The molecule has 0 aliphatic rings. The van der Waals surface area contributed by atoms with E-state index < -0.39 is 18.5 Å². The van der Waals surface area contributed by atoms with Crippen LogP contribution in [0.15, 0.2) is 30.3 Å². The Labute approximate surface area is 177 Å². The maximum Gasteiger partial charge on any atom is 0.341 e. The molecule has 0 aliphatic heterocycles. The average Bonchev–Trinajstić information content (AvgIpc) is 2.66. The molecule has 0 unspecified atom stereocenters. The molecule has 1 amide bonds. The average molecular weight is 447 g/mol. The normalized spacial score (nSPS) is 10.3. The zero-order valence-electron chi connectivity index (χ0n) is 15.2. The molecule has 1 N–H and O–H groups in total. The van der Waals surface area contributed by atoms with Gasteiger partial charge in [0.25, 0.3) is 5.91 Å². The van der Waals surface area contributed by atoms with E-state index in [9.17, 15) is 9.59 Å². The topological polar surface area (TPSA) is 73.9 Å². The number of carbonyl (C=O) groups excluding carboxylic acids is 2. The lowest BCUT2D eigenvalue weighted by Crippen LogP contribution is -2.21. The van der Waals surface area contributed by atoms with Gasteiger partial charge in [0, 0.05) is 11.8 Å². The molecule has 0 saturated carbocycles. The van der Waals surface area contributed by atoms with E-state index in [1.165, 1.54) is 12.1 Å². The molecule has 0 aliphatic carbocycles. The summed E-state index contributed by atoms with van der Waals surface area (Å²) in [5.74, 6) is -0.334. The Bertz CT molecular complexity index is 873. The third-order valence-corrected chi connectivity index (χ3v) is 4.53. The molecule has 2 rings (SSSR count). The Morgan fingerprint density at radius 3 is 2.25 bits per heavy atom. The molecule has 0 fully saturated rings. The van der Waals surface area contributed by atoms with E-state index in [2.05, 4.69) is 5.32 Å². The molecule has 9 heteroatoms. The van der Waals surface area contributed by atoms with Crippen LogP contribution >= 0.6 is 34.8 Å². The van der Waals surface area contributed by atoms with E-state index in [1.54, 1.807) is 18.2 Å². The number of benzene rings is 2. The molecule has 0 bridgehead atoms. The van der Waals surface area contributed by atoms with Gasteiger partial charge in [-0.05, 0) is 38.1 Å². The summed E-state index contributed by atoms with van der Waals surface area (Å²) >= 11 is 17.8. The number of rotatable bonds is 8. The monoisotopic (exact) mass is 445 g/mol. The molecule has 0 spiro atoms. The first kappa shape index (κ1) is 22.1. The van der Waals surface area contributed by atoms with Gasteiger partial charge in [-0.1, -0.05) is 34.8 Å². The zero-order valence-corrected chi connectivity index (χ0v) is 17.5. The number of hydrogen-bond acceptors (Lipinski definition) is 5. The minimum absolute atomic E-state index is 0.0348.